The van der Waals surface area contributed by atoms with Crippen LogP contribution in [-0.4, -0.2) is 50.3 Å². The van der Waals surface area contributed by atoms with Crippen molar-refractivity contribution in [3.05, 3.63) is 23.2 Å². The Morgan fingerprint density at radius 3 is 2.72 bits per heavy atom. The summed E-state index contributed by atoms with van der Waals surface area (Å²) < 4.78 is 31.2. The van der Waals surface area contributed by atoms with Gasteiger partial charge in [-0.3, -0.25) is 9.10 Å². The zero-order valence-electron chi connectivity index (χ0n) is 14.7. The Morgan fingerprint density at radius 2 is 2.12 bits per heavy atom. The molecule has 9 heteroatoms. The van der Waals surface area contributed by atoms with E-state index >= 15 is 0 Å². The van der Waals surface area contributed by atoms with Crippen molar-refractivity contribution < 1.29 is 17.9 Å². The number of fused-ring (bicyclic) bond motifs is 1. The van der Waals surface area contributed by atoms with E-state index in [0.29, 0.717) is 23.0 Å². The minimum Gasteiger partial charge on any atom is -0.476 e. The summed E-state index contributed by atoms with van der Waals surface area (Å²) >= 11 is 7.69. The normalized spacial score (nSPS) is 17.6. The quantitative estimate of drug-likeness (QED) is 0.760. The molecule has 0 radical (unpaired) electrons. The fourth-order valence-electron chi connectivity index (χ4n) is 2.32. The number of benzene rings is 1. The maximum Gasteiger partial charge on any atom is 0.263 e. The molecule has 1 aliphatic heterocycles. The Balaban J connectivity index is 2.08. The van der Waals surface area contributed by atoms with Gasteiger partial charge in [0.2, 0.25) is 10.0 Å². The predicted octanol–water partition coefficient (Wildman–Crippen LogP) is 2.51. The molecule has 6 nitrogen and oxygen atoms in total. The molecule has 1 aromatic rings. The smallest absolute Gasteiger partial charge is 0.263 e. The van der Waals surface area contributed by atoms with E-state index in [4.69, 9.17) is 16.3 Å². The average molecular weight is 407 g/mol. The molecule has 1 aliphatic rings. The Morgan fingerprint density at radius 1 is 1.44 bits per heavy atom. The van der Waals surface area contributed by atoms with Gasteiger partial charge in [-0.25, -0.2) is 8.42 Å². The number of amides is 1. The van der Waals surface area contributed by atoms with Gasteiger partial charge in [0.15, 0.2) is 6.10 Å². The van der Waals surface area contributed by atoms with Crippen molar-refractivity contribution in [3.8, 4) is 5.75 Å². The summed E-state index contributed by atoms with van der Waals surface area (Å²) in [5.74, 6) is 0.762. The van der Waals surface area contributed by atoms with E-state index in [1.165, 1.54) is 6.07 Å². The summed E-state index contributed by atoms with van der Waals surface area (Å²) in [5.41, 5.74) is 0.349. The van der Waals surface area contributed by atoms with E-state index in [1.807, 2.05) is 0 Å². The summed E-state index contributed by atoms with van der Waals surface area (Å²) in [6.45, 7) is 6.73. The van der Waals surface area contributed by atoms with Crippen LogP contribution in [0.3, 0.4) is 0 Å². The van der Waals surface area contributed by atoms with E-state index in [9.17, 15) is 13.2 Å². The number of nitrogens with one attached hydrogen (secondary N) is 1. The highest BCUT2D eigenvalue weighted by Crippen LogP contribution is 2.37. The molecule has 25 heavy (non-hydrogen) atoms. The molecule has 0 aliphatic carbocycles. The van der Waals surface area contributed by atoms with Gasteiger partial charge in [0.25, 0.3) is 5.91 Å². The van der Waals surface area contributed by atoms with Crippen LogP contribution in [0.2, 0.25) is 5.02 Å². The number of hydrogen-bond acceptors (Lipinski definition) is 5. The maximum atomic E-state index is 12.4. The lowest BCUT2D eigenvalue weighted by Gasteiger charge is -2.34. The van der Waals surface area contributed by atoms with Crippen molar-refractivity contribution >= 4 is 45.0 Å². The van der Waals surface area contributed by atoms with Crippen LogP contribution in [0.1, 0.15) is 20.8 Å². The Labute approximate surface area is 158 Å². The van der Waals surface area contributed by atoms with Gasteiger partial charge in [0.05, 0.1) is 18.5 Å². The van der Waals surface area contributed by atoms with Gasteiger partial charge >= 0.3 is 0 Å². The molecule has 1 atom stereocenters. The minimum atomic E-state index is -3.56. The van der Waals surface area contributed by atoms with E-state index in [1.54, 1.807) is 23.9 Å². The number of nitrogens with zero attached hydrogens (tertiary/aromatic N) is 1. The number of halogens is 1. The molecule has 2 rings (SSSR count). The van der Waals surface area contributed by atoms with Crippen molar-refractivity contribution in [2.24, 2.45) is 0 Å². The molecule has 0 saturated carbocycles. The lowest BCUT2D eigenvalue weighted by Crippen LogP contribution is -2.50. The molecule has 1 N–H and O–H groups in total. The second-order valence-corrected chi connectivity index (χ2v) is 11.0. The molecular weight excluding hydrogens is 384 g/mol. The van der Waals surface area contributed by atoms with E-state index in [2.05, 4.69) is 26.1 Å². The first-order valence-electron chi connectivity index (χ1n) is 7.83. The Hall–Kier alpha value is -1.12. The first kappa shape index (κ1) is 20.2. The van der Waals surface area contributed by atoms with Gasteiger partial charge in [0.1, 0.15) is 5.75 Å². The van der Waals surface area contributed by atoms with E-state index in [-0.39, 0.29) is 17.2 Å². The third-order valence-corrected chi connectivity index (χ3v) is 6.08. The highest BCUT2D eigenvalue weighted by atomic mass is 35.5. The molecule has 0 spiro atoms. The van der Waals surface area contributed by atoms with Crippen LogP contribution in [-0.2, 0) is 14.8 Å². The molecule has 0 bridgehead atoms. The van der Waals surface area contributed by atoms with Gasteiger partial charge in [-0.1, -0.05) is 32.4 Å². The van der Waals surface area contributed by atoms with Crippen LogP contribution in [0.4, 0.5) is 5.69 Å². The Kier molecular flexibility index (Phi) is 6.17. The van der Waals surface area contributed by atoms with Crippen molar-refractivity contribution in [2.75, 3.05) is 29.4 Å². The number of rotatable bonds is 5. The standard InChI is InChI=1S/C16H23ClN2O4S2/c1-16(2,3)24-8-7-18-15(20)14-10-19(25(4,21)22)12-9-11(17)5-6-13(12)23-14/h5-6,9,14H,7-8,10H2,1-4H3,(H,18,20)/t14-/m0/s1. The largest absolute Gasteiger partial charge is 0.476 e. The Bertz CT molecular complexity index is 747. The number of sulfonamides is 1. The van der Waals surface area contributed by atoms with Crippen molar-refractivity contribution in [1.29, 1.82) is 0 Å². The molecule has 1 aromatic carbocycles. The number of ether oxygens (including phenoxy) is 1. The number of hydrogen-bond donors (Lipinski definition) is 1. The lowest BCUT2D eigenvalue weighted by molar-refractivity contribution is -0.127. The molecular formula is C16H23ClN2O4S2. The van der Waals surface area contributed by atoms with Crippen LogP contribution >= 0.6 is 23.4 Å². The van der Waals surface area contributed by atoms with Gasteiger partial charge in [-0.2, -0.15) is 11.8 Å². The highest BCUT2D eigenvalue weighted by Gasteiger charge is 2.35. The van der Waals surface area contributed by atoms with E-state index < -0.39 is 16.1 Å². The van der Waals surface area contributed by atoms with Crippen molar-refractivity contribution in [2.45, 2.75) is 31.6 Å². The molecule has 0 saturated heterocycles. The van der Waals surface area contributed by atoms with E-state index in [0.717, 1.165) is 16.3 Å². The van der Waals surface area contributed by atoms with Crippen LogP contribution in [0.5, 0.6) is 5.75 Å². The number of carbonyl (C=O) groups is 1. The molecule has 0 aromatic heterocycles. The maximum absolute atomic E-state index is 12.4. The zero-order chi connectivity index (χ0) is 18.8. The number of thioether (sulfide) groups is 1. The summed E-state index contributed by atoms with van der Waals surface area (Å²) in [6.07, 6.45) is 0.195. The molecule has 1 heterocycles. The summed E-state index contributed by atoms with van der Waals surface area (Å²) in [4.78, 5) is 12.4. The number of carbonyl (C=O) groups excluding carboxylic acids is 1. The predicted molar refractivity (Wildman–Crippen MR) is 103 cm³/mol. The second kappa shape index (κ2) is 7.63. The summed E-state index contributed by atoms with van der Waals surface area (Å²) in [7, 11) is -3.56. The van der Waals surface area contributed by atoms with Gasteiger partial charge in [0, 0.05) is 22.1 Å². The van der Waals surface area contributed by atoms with Gasteiger partial charge in [-0.05, 0) is 18.2 Å². The monoisotopic (exact) mass is 406 g/mol. The van der Waals surface area contributed by atoms with Crippen molar-refractivity contribution in [1.82, 2.24) is 5.32 Å². The number of anilines is 1. The summed E-state index contributed by atoms with van der Waals surface area (Å²) in [5, 5.41) is 3.21. The summed E-state index contributed by atoms with van der Waals surface area (Å²) in [6, 6.07) is 4.69. The lowest BCUT2D eigenvalue weighted by atomic mass is 10.2. The van der Waals surface area contributed by atoms with Crippen LogP contribution in [0.25, 0.3) is 0 Å². The topological polar surface area (TPSA) is 75.7 Å². The first-order valence-corrected chi connectivity index (χ1v) is 11.0. The first-order chi connectivity index (χ1) is 11.5. The molecule has 0 fully saturated rings. The third kappa shape index (κ3) is 5.69. The van der Waals surface area contributed by atoms with Crippen molar-refractivity contribution in [3.63, 3.8) is 0 Å². The SMILES string of the molecule is CC(C)(C)SCCNC(=O)[C@@H]1CN(S(C)(=O)=O)c2cc(Cl)ccc2O1. The second-order valence-electron chi connectivity index (χ2n) is 6.76. The molecule has 140 valence electrons. The fourth-order valence-corrected chi connectivity index (χ4v) is 4.21. The van der Waals surface area contributed by atoms with Crippen LogP contribution < -0.4 is 14.4 Å². The van der Waals surface area contributed by atoms with Crippen LogP contribution in [0, 0.1) is 0 Å². The molecule has 1 amide bonds. The zero-order valence-corrected chi connectivity index (χ0v) is 17.1. The fraction of sp³-hybridized carbons (Fsp3) is 0.562. The third-order valence-electron chi connectivity index (χ3n) is 3.42. The molecule has 0 unspecified atom stereocenters. The van der Waals surface area contributed by atoms with Crippen LogP contribution in [0.15, 0.2) is 18.2 Å². The minimum absolute atomic E-state index is 0.0789. The highest BCUT2D eigenvalue weighted by molar-refractivity contribution is 8.00. The van der Waals surface area contributed by atoms with Gasteiger partial charge in [-0.15, -0.1) is 0 Å². The van der Waals surface area contributed by atoms with Gasteiger partial charge < -0.3 is 10.1 Å². The average Bonchev–Trinajstić information content (AvgIpc) is 2.48.